The van der Waals surface area contributed by atoms with Crippen LogP contribution in [0.15, 0.2) is 48.5 Å². The van der Waals surface area contributed by atoms with E-state index in [1.54, 1.807) is 19.1 Å². The molecule has 2 aliphatic heterocycles. The molecule has 2 saturated heterocycles. The molecule has 5 heteroatoms. The normalized spacial score (nSPS) is 24.2. The van der Waals surface area contributed by atoms with Crippen LogP contribution in [0.3, 0.4) is 0 Å². The number of amides is 2. The van der Waals surface area contributed by atoms with Crippen LogP contribution < -0.4 is 0 Å². The van der Waals surface area contributed by atoms with Crippen LogP contribution in [0, 0.1) is 18.8 Å². The van der Waals surface area contributed by atoms with E-state index >= 15 is 0 Å². The molecule has 27 heavy (non-hydrogen) atoms. The van der Waals surface area contributed by atoms with E-state index in [4.69, 9.17) is 11.6 Å². The van der Waals surface area contributed by atoms with Gasteiger partial charge in [-0.25, -0.2) is 0 Å². The molecule has 0 unspecified atom stereocenters. The third kappa shape index (κ3) is 3.23. The van der Waals surface area contributed by atoms with Crippen LogP contribution in [-0.4, -0.2) is 41.2 Å². The van der Waals surface area contributed by atoms with E-state index in [-0.39, 0.29) is 23.8 Å². The standard InChI is InChI=1S/C22H23ClN2O2/c1-14-10-17(8-9-20(14)23)22(27)24-11-18-12-25(15(2)26)21(19(18)13-24)16-6-4-3-5-7-16/h3-10,18-19,21H,11-13H2,1-2H3/t18-,19-,21-/m1/s1. The van der Waals surface area contributed by atoms with Crippen molar-refractivity contribution in [2.75, 3.05) is 19.6 Å². The van der Waals surface area contributed by atoms with Crippen molar-refractivity contribution in [2.45, 2.75) is 19.9 Å². The molecule has 2 aliphatic rings. The Morgan fingerprint density at radius 3 is 2.44 bits per heavy atom. The Morgan fingerprint density at radius 1 is 1.04 bits per heavy atom. The van der Waals surface area contributed by atoms with Gasteiger partial charge < -0.3 is 9.80 Å². The zero-order valence-corrected chi connectivity index (χ0v) is 16.3. The van der Waals surface area contributed by atoms with E-state index in [2.05, 4.69) is 12.1 Å². The highest BCUT2D eigenvalue weighted by Gasteiger charge is 2.49. The highest BCUT2D eigenvalue weighted by Crippen LogP contribution is 2.45. The molecule has 0 aromatic heterocycles. The van der Waals surface area contributed by atoms with Crippen LogP contribution in [0.1, 0.15) is 34.5 Å². The van der Waals surface area contributed by atoms with Crippen LogP contribution in [0.25, 0.3) is 0 Å². The zero-order valence-electron chi connectivity index (χ0n) is 15.6. The third-order valence-electron chi connectivity index (χ3n) is 5.90. The van der Waals surface area contributed by atoms with Gasteiger partial charge in [0.05, 0.1) is 6.04 Å². The first kappa shape index (κ1) is 18.1. The topological polar surface area (TPSA) is 40.6 Å². The van der Waals surface area contributed by atoms with Crippen molar-refractivity contribution in [2.24, 2.45) is 11.8 Å². The molecule has 2 amide bonds. The van der Waals surface area contributed by atoms with E-state index in [0.717, 1.165) is 11.1 Å². The third-order valence-corrected chi connectivity index (χ3v) is 6.33. The highest BCUT2D eigenvalue weighted by molar-refractivity contribution is 6.31. The first-order chi connectivity index (χ1) is 13.0. The quantitative estimate of drug-likeness (QED) is 0.789. The molecule has 4 rings (SSSR count). The molecular formula is C22H23ClN2O2. The maximum atomic E-state index is 13.0. The minimum absolute atomic E-state index is 0.0402. The second-order valence-corrected chi connectivity index (χ2v) is 8.03. The number of fused-ring (bicyclic) bond motifs is 1. The minimum Gasteiger partial charge on any atom is -0.338 e. The summed E-state index contributed by atoms with van der Waals surface area (Å²) in [5.41, 5.74) is 2.74. The van der Waals surface area contributed by atoms with Crippen molar-refractivity contribution in [1.82, 2.24) is 9.80 Å². The zero-order chi connectivity index (χ0) is 19.1. The molecule has 0 radical (unpaired) electrons. The van der Waals surface area contributed by atoms with Gasteiger partial charge in [0.2, 0.25) is 5.91 Å². The molecule has 2 aromatic carbocycles. The molecule has 0 spiro atoms. The fraction of sp³-hybridized carbons (Fsp3) is 0.364. The van der Waals surface area contributed by atoms with E-state index in [1.807, 2.05) is 41.0 Å². The number of benzene rings is 2. The minimum atomic E-state index is 0.0402. The Kier molecular flexibility index (Phi) is 4.68. The molecule has 0 N–H and O–H groups in total. The molecule has 0 bridgehead atoms. The van der Waals surface area contributed by atoms with Gasteiger partial charge in [-0.1, -0.05) is 41.9 Å². The fourth-order valence-electron chi connectivity index (χ4n) is 4.57. The molecule has 0 aliphatic carbocycles. The summed E-state index contributed by atoms with van der Waals surface area (Å²) in [7, 11) is 0. The van der Waals surface area contributed by atoms with Gasteiger partial charge in [-0.3, -0.25) is 9.59 Å². The van der Waals surface area contributed by atoms with Gasteiger partial charge in [-0.15, -0.1) is 0 Å². The van der Waals surface area contributed by atoms with Crippen molar-refractivity contribution in [1.29, 1.82) is 0 Å². The van der Waals surface area contributed by atoms with E-state index < -0.39 is 0 Å². The summed E-state index contributed by atoms with van der Waals surface area (Å²) < 4.78 is 0. The smallest absolute Gasteiger partial charge is 0.253 e. The summed E-state index contributed by atoms with van der Waals surface area (Å²) in [6.45, 7) is 5.63. The van der Waals surface area contributed by atoms with Crippen LogP contribution in [0.2, 0.25) is 5.02 Å². The lowest BCUT2D eigenvalue weighted by Gasteiger charge is -2.29. The first-order valence-corrected chi connectivity index (χ1v) is 9.71. The molecule has 3 atom stereocenters. The van der Waals surface area contributed by atoms with E-state index in [1.165, 1.54) is 0 Å². The van der Waals surface area contributed by atoms with Gasteiger partial charge in [-0.2, -0.15) is 0 Å². The van der Waals surface area contributed by atoms with Crippen molar-refractivity contribution < 1.29 is 9.59 Å². The van der Waals surface area contributed by atoms with Crippen molar-refractivity contribution >= 4 is 23.4 Å². The number of carbonyl (C=O) groups is 2. The van der Waals surface area contributed by atoms with Gasteiger partial charge in [0, 0.05) is 49.0 Å². The summed E-state index contributed by atoms with van der Waals surface area (Å²) >= 11 is 6.09. The van der Waals surface area contributed by atoms with Crippen LogP contribution >= 0.6 is 11.6 Å². The van der Waals surface area contributed by atoms with Crippen LogP contribution in [-0.2, 0) is 4.79 Å². The molecular weight excluding hydrogens is 360 g/mol. The Labute approximate surface area is 164 Å². The van der Waals surface area contributed by atoms with Crippen LogP contribution in [0.5, 0.6) is 0 Å². The molecule has 0 saturated carbocycles. The summed E-state index contributed by atoms with van der Waals surface area (Å²) in [5.74, 6) is 0.736. The van der Waals surface area contributed by atoms with E-state index in [0.29, 0.717) is 36.1 Å². The molecule has 4 nitrogen and oxygen atoms in total. The lowest BCUT2D eigenvalue weighted by molar-refractivity contribution is -0.130. The Bertz CT molecular complexity index is 883. The Morgan fingerprint density at radius 2 is 1.78 bits per heavy atom. The fourth-order valence-corrected chi connectivity index (χ4v) is 4.69. The number of rotatable bonds is 2. The number of nitrogens with zero attached hydrogens (tertiary/aromatic N) is 2. The molecule has 2 fully saturated rings. The summed E-state index contributed by atoms with van der Waals surface area (Å²) in [4.78, 5) is 29.1. The number of carbonyl (C=O) groups excluding carboxylic acids is 2. The van der Waals surface area contributed by atoms with Crippen molar-refractivity contribution in [3.8, 4) is 0 Å². The van der Waals surface area contributed by atoms with Gasteiger partial charge >= 0.3 is 0 Å². The summed E-state index contributed by atoms with van der Waals surface area (Å²) in [5, 5.41) is 0.672. The summed E-state index contributed by atoms with van der Waals surface area (Å²) in [6, 6.07) is 15.6. The number of hydrogen-bond acceptors (Lipinski definition) is 2. The highest BCUT2D eigenvalue weighted by atomic mass is 35.5. The molecule has 2 aromatic rings. The maximum Gasteiger partial charge on any atom is 0.253 e. The first-order valence-electron chi connectivity index (χ1n) is 9.33. The van der Waals surface area contributed by atoms with Crippen molar-refractivity contribution in [3.63, 3.8) is 0 Å². The predicted molar refractivity (Wildman–Crippen MR) is 106 cm³/mol. The lowest BCUT2D eigenvalue weighted by atomic mass is 9.89. The van der Waals surface area contributed by atoms with Gasteiger partial charge in [-0.05, 0) is 36.2 Å². The van der Waals surface area contributed by atoms with Crippen LogP contribution in [0.4, 0.5) is 0 Å². The number of hydrogen-bond donors (Lipinski definition) is 0. The average Bonchev–Trinajstić information content (AvgIpc) is 3.22. The average molecular weight is 383 g/mol. The predicted octanol–water partition coefficient (Wildman–Crippen LogP) is 3.94. The monoisotopic (exact) mass is 382 g/mol. The molecule has 140 valence electrons. The number of halogens is 1. The number of aryl methyl sites for hydroxylation is 1. The number of likely N-dealkylation sites (tertiary alicyclic amines) is 2. The van der Waals surface area contributed by atoms with Gasteiger partial charge in [0.1, 0.15) is 0 Å². The molecule has 2 heterocycles. The summed E-state index contributed by atoms with van der Waals surface area (Å²) in [6.07, 6.45) is 0. The SMILES string of the molecule is CC(=O)N1C[C@H]2CN(C(=O)c3ccc(Cl)c(C)c3)C[C@H]2[C@H]1c1ccccc1. The Hall–Kier alpha value is -2.33. The largest absolute Gasteiger partial charge is 0.338 e. The second kappa shape index (κ2) is 7.01. The lowest BCUT2D eigenvalue weighted by Crippen LogP contribution is -2.36. The van der Waals surface area contributed by atoms with E-state index in [9.17, 15) is 9.59 Å². The second-order valence-electron chi connectivity index (χ2n) is 7.62. The Balaban J connectivity index is 1.58. The van der Waals surface area contributed by atoms with Crippen molar-refractivity contribution in [3.05, 3.63) is 70.2 Å². The van der Waals surface area contributed by atoms with Gasteiger partial charge in [0.25, 0.3) is 5.91 Å². The maximum absolute atomic E-state index is 13.0. The van der Waals surface area contributed by atoms with Gasteiger partial charge in [0.15, 0.2) is 0 Å².